The van der Waals surface area contributed by atoms with Gasteiger partial charge in [-0.1, -0.05) is 73.3 Å². The minimum atomic E-state index is -4.82. The van der Waals surface area contributed by atoms with Crippen molar-refractivity contribution in [2.45, 2.75) is 81.9 Å². The number of carbonyl (C=O) groups excluding carboxylic acids is 1. The average Bonchev–Trinajstić information content (AvgIpc) is 3.62. The second-order valence-corrected chi connectivity index (χ2v) is 12.7. The van der Waals surface area contributed by atoms with E-state index in [1.807, 2.05) is 6.92 Å². The Labute approximate surface area is 247 Å². The van der Waals surface area contributed by atoms with Crippen LogP contribution in [0.5, 0.6) is 0 Å². The van der Waals surface area contributed by atoms with E-state index in [4.69, 9.17) is 21.1 Å². The van der Waals surface area contributed by atoms with Crippen LogP contribution in [0, 0.1) is 6.92 Å². The van der Waals surface area contributed by atoms with Crippen molar-refractivity contribution in [1.29, 1.82) is 0 Å². The summed E-state index contributed by atoms with van der Waals surface area (Å²) in [6.45, 7) is 3.48. The fourth-order valence-electron chi connectivity index (χ4n) is 5.56. The molecule has 13 heteroatoms. The van der Waals surface area contributed by atoms with Gasteiger partial charge in [-0.05, 0) is 49.4 Å². The fourth-order valence-corrected chi connectivity index (χ4v) is 6.95. The SMILES string of the molecule is CCCCC1=NC2(CCCC2)C(=O)N1Cc1ccc(-c2ccccc2S(=O)(=O)Nc2onc(C)c2Cl)c(C(F)(F)F)c1. The van der Waals surface area contributed by atoms with Gasteiger partial charge < -0.3 is 4.52 Å². The number of aromatic nitrogens is 1. The molecule has 1 N–H and O–H groups in total. The summed E-state index contributed by atoms with van der Waals surface area (Å²) in [5, 5.41) is 3.54. The van der Waals surface area contributed by atoms with E-state index in [0.717, 1.165) is 31.7 Å². The average molecular weight is 623 g/mol. The molecule has 1 aliphatic carbocycles. The summed E-state index contributed by atoms with van der Waals surface area (Å²) in [5.41, 5.74) is -1.81. The summed E-state index contributed by atoms with van der Waals surface area (Å²) in [4.78, 5) is 19.4. The number of nitrogens with zero attached hydrogens (tertiary/aromatic N) is 3. The van der Waals surface area contributed by atoms with Gasteiger partial charge in [-0.3, -0.25) is 14.7 Å². The number of halogens is 4. The van der Waals surface area contributed by atoms with Gasteiger partial charge in [0, 0.05) is 12.0 Å². The Hall–Kier alpha value is -3.38. The van der Waals surface area contributed by atoms with Crippen LogP contribution in [0.3, 0.4) is 0 Å². The minimum Gasteiger partial charge on any atom is -0.336 e. The molecule has 2 aromatic carbocycles. The fraction of sp³-hybridized carbons (Fsp3) is 0.414. The number of hydrogen-bond acceptors (Lipinski definition) is 6. The van der Waals surface area contributed by atoms with E-state index < -0.39 is 32.2 Å². The Balaban J connectivity index is 1.52. The molecule has 1 spiro atoms. The van der Waals surface area contributed by atoms with Crippen molar-refractivity contribution >= 4 is 39.3 Å². The highest BCUT2D eigenvalue weighted by Gasteiger charge is 2.49. The predicted octanol–water partition coefficient (Wildman–Crippen LogP) is 7.37. The van der Waals surface area contributed by atoms with Crippen molar-refractivity contribution < 1.29 is 30.9 Å². The normalized spacial score (nSPS) is 16.9. The van der Waals surface area contributed by atoms with Crippen LogP contribution in [0.2, 0.25) is 5.02 Å². The van der Waals surface area contributed by atoms with Crippen LogP contribution in [0.4, 0.5) is 19.1 Å². The minimum absolute atomic E-state index is 0.0582. The number of amidine groups is 1. The first kappa shape index (κ1) is 30.1. The molecule has 2 heterocycles. The van der Waals surface area contributed by atoms with Gasteiger partial charge in [0.25, 0.3) is 21.8 Å². The van der Waals surface area contributed by atoms with Gasteiger partial charge in [-0.15, -0.1) is 0 Å². The van der Waals surface area contributed by atoms with E-state index in [9.17, 15) is 26.4 Å². The molecule has 1 saturated carbocycles. The quantitative estimate of drug-likeness (QED) is 0.268. The van der Waals surface area contributed by atoms with Crippen LogP contribution in [0.1, 0.15) is 68.7 Å². The van der Waals surface area contributed by atoms with Gasteiger partial charge in [0.05, 0.1) is 17.0 Å². The number of alkyl halides is 3. The van der Waals surface area contributed by atoms with E-state index in [1.165, 1.54) is 48.2 Å². The summed E-state index contributed by atoms with van der Waals surface area (Å²) in [5.74, 6) is 0.115. The maximum absolute atomic E-state index is 14.5. The Bertz CT molecular complexity index is 1650. The van der Waals surface area contributed by atoms with Crippen LogP contribution in [-0.2, 0) is 27.5 Å². The van der Waals surface area contributed by atoms with Gasteiger partial charge in [0.2, 0.25) is 0 Å². The molecule has 1 fully saturated rings. The molecule has 0 unspecified atom stereocenters. The third kappa shape index (κ3) is 5.66. The van der Waals surface area contributed by atoms with Crippen molar-refractivity contribution in [2.75, 3.05) is 4.72 Å². The van der Waals surface area contributed by atoms with Crippen molar-refractivity contribution in [3.05, 3.63) is 64.3 Å². The van der Waals surface area contributed by atoms with E-state index >= 15 is 0 Å². The number of carbonyl (C=O) groups is 1. The van der Waals surface area contributed by atoms with Crippen molar-refractivity contribution in [1.82, 2.24) is 10.1 Å². The summed E-state index contributed by atoms with van der Waals surface area (Å²) >= 11 is 6.05. The Morgan fingerprint density at radius 3 is 2.48 bits per heavy atom. The molecule has 1 aromatic heterocycles. The molecule has 2 aliphatic rings. The first-order valence-corrected chi connectivity index (χ1v) is 15.6. The maximum atomic E-state index is 14.5. The standard InChI is InChI=1S/C29H30ClF3N4O4S/c1-3-4-11-24-34-28(14-7-8-15-28)27(38)37(24)17-19-12-13-20(22(16-19)29(31,32)33)21-9-5-6-10-23(21)42(39,40)36-26-25(30)18(2)35-41-26/h5-6,9-10,12-13,16,36H,3-4,7-8,11,14-15,17H2,1-2H3. The maximum Gasteiger partial charge on any atom is 0.417 e. The zero-order chi connectivity index (χ0) is 30.3. The number of benzene rings is 2. The summed E-state index contributed by atoms with van der Waals surface area (Å²) in [6, 6.07) is 9.07. The first-order chi connectivity index (χ1) is 19.9. The number of rotatable bonds is 9. The molecule has 0 saturated heterocycles. The van der Waals surface area contributed by atoms with Crippen molar-refractivity contribution in [2.24, 2.45) is 4.99 Å². The molecule has 1 aliphatic heterocycles. The number of aliphatic imine (C=N–C) groups is 1. The monoisotopic (exact) mass is 622 g/mol. The molecule has 42 heavy (non-hydrogen) atoms. The number of hydrogen-bond donors (Lipinski definition) is 1. The highest BCUT2D eigenvalue weighted by molar-refractivity contribution is 7.92. The van der Waals surface area contributed by atoms with Gasteiger partial charge in [0.1, 0.15) is 22.1 Å². The lowest BCUT2D eigenvalue weighted by Gasteiger charge is -2.24. The lowest BCUT2D eigenvalue weighted by molar-refractivity contribution is -0.137. The number of anilines is 1. The number of aryl methyl sites for hydroxylation is 1. The van der Waals surface area contributed by atoms with Crippen LogP contribution < -0.4 is 4.72 Å². The molecule has 5 rings (SSSR count). The largest absolute Gasteiger partial charge is 0.417 e. The topological polar surface area (TPSA) is 105 Å². The van der Waals surface area contributed by atoms with Crippen LogP contribution in [0.25, 0.3) is 11.1 Å². The Morgan fingerprint density at radius 1 is 1.12 bits per heavy atom. The molecule has 1 amide bonds. The smallest absolute Gasteiger partial charge is 0.336 e. The van der Waals surface area contributed by atoms with Gasteiger partial charge in [0.15, 0.2) is 0 Å². The van der Waals surface area contributed by atoms with E-state index in [2.05, 4.69) is 9.88 Å². The van der Waals surface area contributed by atoms with Crippen LogP contribution in [0.15, 0.2) is 56.9 Å². The van der Waals surface area contributed by atoms with Crippen LogP contribution >= 0.6 is 11.6 Å². The zero-order valence-corrected chi connectivity index (χ0v) is 24.7. The number of sulfonamides is 1. The second kappa shape index (κ2) is 11.4. The van der Waals surface area contributed by atoms with Crippen molar-refractivity contribution in [3.8, 4) is 11.1 Å². The number of nitrogens with one attached hydrogen (secondary N) is 1. The van der Waals surface area contributed by atoms with Crippen molar-refractivity contribution in [3.63, 3.8) is 0 Å². The highest BCUT2D eigenvalue weighted by atomic mass is 35.5. The molecular weight excluding hydrogens is 593 g/mol. The van der Waals surface area contributed by atoms with E-state index in [0.29, 0.717) is 25.1 Å². The first-order valence-electron chi connectivity index (χ1n) is 13.7. The van der Waals surface area contributed by atoms with E-state index in [-0.39, 0.29) is 45.7 Å². The summed E-state index contributed by atoms with van der Waals surface area (Å²) < 4.78 is 77.2. The lowest BCUT2D eigenvalue weighted by atomic mass is 9.96. The molecule has 0 radical (unpaired) electrons. The second-order valence-electron chi connectivity index (χ2n) is 10.7. The van der Waals surface area contributed by atoms with Gasteiger partial charge in [-0.25, -0.2) is 13.1 Å². The van der Waals surface area contributed by atoms with E-state index in [1.54, 1.807) is 0 Å². The Morgan fingerprint density at radius 2 is 1.83 bits per heavy atom. The zero-order valence-electron chi connectivity index (χ0n) is 23.1. The lowest BCUT2D eigenvalue weighted by Crippen LogP contribution is -2.40. The molecule has 0 atom stereocenters. The third-order valence-electron chi connectivity index (χ3n) is 7.70. The highest BCUT2D eigenvalue weighted by Crippen LogP contribution is 2.43. The summed E-state index contributed by atoms with van der Waals surface area (Å²) in [7, 11) is -4.43. The van der Waals surface area contributed by atoms with Gasteiger partial charge >= 0.3 is 6.18 Å². The predicted molar refractivity (Wildman–Crippen MR) is 153 cm³/mol. The molecular formula is C29H30ClF3N4O4S. The molecule has 224 valence electrons. The number of unbranched alkanes of at least 4 members (excludes halogenated alkanes) is 1. The summed E-state index contributed by atoms with van der Waals surface area (Å²) in [6.07, 6.45) is 0.506. The third-order valence-corrected chi connectivity index (χ3v) is 9.53. The molecule has 3 aromatic rings. The van der Waals surface area contributed by atoms with Crippen LogP contribution in [-0.4, -0.2) is 35.8 Å². The number of amides is 1. The molecule has 8 nitrogen and oxygen atoms in total. The molecule has 0 bridgehead atoms. The van der Waals surface area contributed by atoms with Gasteiger partial charge in [-0.2, -0.15) is 13.2 Å². The Kier molecular flexibility index (Phi) is 8.14.